The van der Waals surface area contributed by atoms with Gasteiger partial charge in [0.2, 0.25) is 0 Å². The SMILES string of the molecule is CCOC(=O)C(=O)OCCOC(=O)CP(=O)(OCC)OCC. The standard InChI is InChI=1S/C12H21O9P/c1-4-17-11(14)12(15)19-8-7-18-10(13)9-22(16,20-5-2)21-6-3/h4-9H2,1-3H3. The highest BCUT2D eigenvalue weighted by atomic mass is 31.2. The first kappa shape index (κ1) is 20.6. The van der Waals surface area contributed by atoms with Crippen molar-refractivity contribution >= 4 is 25.5 Å². The highest BCUT2D eigenvalue weighted by molar-refractivity contribution is 7.54. The van der Waals surface area contributed by atoms with Gasteiger partial charge >= 0.3 is 25.5 Å². The third kappa shape index (κ3) is 8.76. The van der Waals surface area contributed by atoms with Crippen LogP contribution >= 0.6 is 7.60 Å². The zero-order valence-electron chi connectivity index (χ0n) is 12.9. The van der Waals surface area contributed by atoms with E-state index in [1.807, 2.05) is 0 Å². The topological polar surface area (TPSA) is 114 Å². The highest BCUT2D eigenvalue weighted by Gasteiger charge is 2.28. The quantitative estimate of drug-likeness (QED) is 0.188. The van der Waals surface area contributed by atoms with Gasteiger partial charge in [0.1, 0.15) is 19.4 Å². The highest BCUT2D eigenvalue weighted by Crippen LogP contribution is 2.47. The molecule has 0 aromatic carbocycles. The Morgan fingerprint density at radius 1 is 0.773 bits per heavy atom. The molecule has 0 bridgehead atoms. The van der Waals surface area contributed by atoms with E-state index in [1.54, 1.807) is 20.8 Å². The second-order valence-corrected chi connectivity index (χ2v) is 5.74. The molecule has 0 aromatic rings. The fraction of sp³-hybridized carbons (Fsp3) is 0.750. The second kappa shape index (κ2) is 11.2. The number of carbonyl (C=O) groups excluding carboxylic acids is 3. The number of esters is 3. The van der Waals surface area contributed by atoms with E-state index >= 15 is 0 Å². The Kier molecular flexibility index (Phi) is 10.4. The van der Waals surface area contributed by atoms with Crippen LogP contribution in [-0.2, 0) is 42.2 Å². The summed E-state index contributed by atoms with van der Waals surface area (Å²) >= 11 is 0. The summed E-state index contributed by atoms with van der Waals surface area (Å²) in [6, 6.07) is 0. The van der Waals surface area contributed by atoms with Crippen molar-refractivity contribution in [3.63, 3.8) is 0 Å². The van der Waals surface area contributed by atoms with Gasteiger partial charge in [0.25, 0.3) is 0 Å². The maximum atomic E-state index is 12.0. The Morgan fingerprint density at radius 2 is 1.27 bits per heavy atom. The smallest absolute Gasteiger partial charge is 0.417 e. The van der Waals surface area contributed by atoms with Crippen molar-refractivity contribution < 1.29 is 42.2 Å². The van der Waals surface area contributed by atoms with Crippen molar-refractivity contribution in [3.8, 4) is 0 Å². The van der Waals surface area contributed by atoms with E-state index in [2.05, 4.69) is 9.47 Å². The third-order valence-corrected chi connectivity index (χ3v) is 3.94. The molecule has 0 saturated carbocycles. The summed E-state index contributed by atoms with van der Waals surface area (Å²) in [6.45, 7) is 4.47. The molecule has 22 heavy (non-hydrogen) atoms. The van der Waals surface area contributed by atoms with Gasteiger partial charge in [-0.1, -0.05) is 0 Å². The first-order valence-corrected chi connectivity index (χ1v) is 8.48. The minimum absolute atomic E-state index is 0.0487. The molecule has 10 heteroatoms. The van der Waals surface area contributed by atoms with Crippen LogP contribution in [-0.4, -0.2) is 57.1 Å². The van der Waals surface area contributed by atoms with Crippen LogP contribution in [0.15, 0.2) is 0 Å². The van der Waals surface area contributed by atoms with Crippen molar-refractivity contribution in [2.45, 2.75) is 20.8 Å². The Morgan fingerprint density at radius 3 is 1.77 bits per heavy atom. The van der Waals surface area contributed by atoms with Gasteiger partial charge in [-0.2, -0.15) is 0 Å². The zero-order valence-corrected chi connectivity index (χ0v) is 13.8. The van der Waals surface area contributed by atoms with E-state index in [1.165, 1.54) is 0 Å². The number of hydrogen-bond donors (Lipinski definition) is 0. The number of rotatable bonds is 10. The summed E-state index contributed by atoms with van der Waals surface area (Å²) in [5, 5.41) is 0. The lowest BCUT2D eigenvalue weighted by Gasteiger charge is -2.16. The van der Waals surface area contributed by atoms with E-state index in [0.717, 1.165) is 0 Å². The Bertz CT molecular complexity index is 411. The van der Waals surface area contributed by atoms with Gasteiger partial charge in [-0.3, -0.25) is 9.36 Å². The summed E-state index contributed by atoms with van der Waals surface area (Å²) in [4.78, 5) is 33.5. The summed E-state index contributed by atoms with van der Waals surface area (Å²) in [6.07, 6.45) is -0.541. The van der Waals surface area contributed by atoms with Gasteiger partial charge in [-0.25, -0.2) is 9.59 Å². The molecular formula is C12H21O9P. The normalized spacial score (nSPS) is 10.9. The van der Waals surface area contributed by atoms with Crippen molar-refractivity contribution in [1.82, 2.24) is 0 Å². The molecule has 0 heterocycles. The van der Waals surface area contributed by atoms with Crippen LogP contribution in [0.2, 0.25) is 0 Å². The van der Waals surface area contributed by atoms with Crippen molar-refractivity contribution in [1.29, 1.82) is 0 Å². The fourth-order valence-corrected chi connectivity index (χ4v) is 2.72. The third-order valence-electron chi connectivity index (χ3n) is 2.00. The molecule has 0 saturated heterocycles. The molecule has 128 valence electrons. The van der Waals surface area contributed by atoms with Gasteiger partial charge in [0, 0.05) is 0 Å². The van der Waals surface area contributed by atoms with Gasteiger partial charge in [-0.05, 0) is 20.8 Å². The van der Waals surface area contributed by atoms with E-state index in [9.17, 15) is 18.9 Å². The number of ether oxygens (including phenoxy) is 3. The average Bonchev–Trinajstić information content (AvgIpc) is 2.43. The molecule has 0 aliphatic rings. The summed E-state index contributed by atoms with van der Waals surface area (Å²) in [7, 11) is -3.52. The first-order valence-electron chi connectivity index (χ1n) is 6.76. The average molecular weight is 340 g/mol. The maximum absolute atomic E-state index is 12.0. The van der Waals surface area contributed by atoms with Crippen LogP contribution < -0.4 is 0 Å². The summed E-state index contributed by atoms with van der Waals surface area (Å²) < 4.78 is 35.5. The van der Waals surface area contributed by atoms with Crippen LogP contribution in [0.4, 0.5) is 0 Å². The van der Waals surface area contributed by atoms with Gasteiger partial charge in [0.05, 0.1) is 19.8 Å². The van der Waals surface area contributed by atoms with Gasteiger partial charge in [-0.15, -0.1) is 0 Å². The molecule has 0 amide bonds. The van der Waals surface area contributed by atoms with Crippen molar-refractivity contribution in [3.05, 3.63) is 0 Å². The molecule has 0 aromatic heterocycles. The molecule has 0 spiro atoms. The summed E-state index contributed by atoms with van der Waals surface area (Å²) in [5.41, 5.74) is 0. The monoisotopic (exact) mass is 340 g/mol. The second-order valence-electron chi connectivity index (χ2n) is 3.68. The lowest BCUT2D eigenvalue weighted by Crippen LogP contribution is -2.23. The molecular weight excluding hydrogens is 319 g/mol. The summed E-state index contributed by atoms with van der Waals surface area (Å²) in [5.74, 6) is -3.12. The molecule has 0 aliphatic heterocycles. The molecule has 0 atom stereocenters. The Balaban J connectivity index is 4.06. The van der Waals surface area contributed by atoms with Crippen LogP contribution in [0.1, 0.15) is 20.8 Å². The largest absolute Gasteiger partial charge is 0.462 e. The van der Waals surface area contributed by atoms with E-state index in [-0.39, 0.29) is 33.0 Å². The van der Waals surface area contributed by atoms with E-state index in [4.69, 9.17) is 13.8 Å². The lowest BCUT2D eigenvalue weighted by atomic mass is 10.6. The maximum Gasteiger partial charge on any atom is 0.417 e. The first-order chi connectivity index (χ1) is 10.4. The van der Waals surface area contributed by atoms with E-state index in [0.29, 0.717) is 0 Å². The molecule has 0 radical (unpaired) electrons. The van der Waals surface area contributed by atoms with Crippen molar-refractivity contribution in [2.24, 2.45) is 0 Å². The van der Waals surface area contributed by atoms with Gasteiger partial charge < -0.3 is 23.3 Å². The van der Waals surface area contributed by atoms with Crippen LogP contribution in [0.5, 0.6) is 0 Å². The molecule has 0 aliphatic carbocycles. The van der Waals surface area contributed by atoms with Crippen LogP contribution in [0.25, 0.3) is 0 Å². The predicted octanol–water partition coefficient (Wildman–Crippen LogP) is 0.902. The van der Waals surface area contributed by atoms with Gasteiger partial charge in [0.15, 0.2) is 0 Å². The number of carbonyl (C=O) groups is 3. The Labute approximate surface area is 128 Å². The predicted molar refractivity (Wildman–Crippen MR) is 74.3 cm³/mol. The molecule has 0 N–H and O–H groups in total. The Hall–Kier alpha value is -1.44. The fourth-order valence-electron chi connectivity index (χ4n) is 1.26. The lowest BCUT2D eigenvalue weighted by molar-refractivity contribution is -0.168. The molecule has 9 nitrogen and oxygen atoms in total. The molecule has 0 unspecified atom stereocenters. The zero-order chi connectivity index (χ0) is 17.0. The minimum Gasteiger partial charge on any atom is -0.462 e. The molecule has 0 fully saturated rings. The molecule has 0 rings (SSSR count). The van der Waals surface area contributed by atoms with Crippen LogP contribution in [0, 0.1) is 0 Å². The van der Waals surface area contributed by atoms with Crippen molar-refractivity contribution in [2.75, 3.05) is 39.2 Å². The minimum atomic E-state index is -3.52. The number of hydrogen-bond acceptors (Lipinski definition) is 9. The van der Waals surface area contributed by atoms with E-state index < -0.39 is 31.7 Å². The van der Waals surface area contributed by atoms with Crippen LogP contribution in [0.3, 0.4) is 0 Å².